The van der Waals surface area contributed by atoms with E-state index in [9.17, 15) is 5.11 Å². The highest BCUT2D eigenvalue weighted by Crippen LogP contribution is 2.77. The summed E-state index contributed by atoms with van der Waals surface area (Å²) in [4.78, 5) is 0. The fourth-order valence-electron chi connectivity index (χ4n) is 7.40. The van der Waals surface area contributed by atoms with E-state index in [1.807, 2.05) is 0 Å². The van der Waals surface area contributed by atoms with E-state index < -0.39 is 5.60 Å². The van der Waals surface area contributed by atoms with Crippen molar-refractivity contribution < 1.29 is 9.84 Å². The monoisotopic (exact) mass is 350 g/mol. The molecule has 5 rings (SSSR count). The Balaban J connectivity index is 1.61. The Morgan fingerprint density at radius 3 is 2.81 bits per heavy atom. The van der Waals surface area contributed by atoms with Crippen molar-refractivity contribution in [2.45, 2.75) is 57.5 Å². The molecule has 0 aliphatic heterocycles. The average molecular weight is 351 g/mol. The van der Waals surface area contributed by atoms with Gasteiger partial charge in [0.2, 0.25) is 0 Å². The molecule has 0 heterocycles. The van der Waals surface area contributed by atoms with Gasteiger partial charge in [-0.1, -0.05) is 37.3 Å². The Kier molecular flexibility index (Phi) is 3.22. The topological polar surface area (TPSA) is 29.5 Å². The molecule has 0 amide bonds. The van der Waals surface area contributed by atoms with Gasteiger partial charge in [-0.3, -0.25) is 0 Å². The van der Waals surface area contributed by atoms with Gasteiger partial charge in [-0.15, -0.1) is 0 Å². The van der Waals surface area contributed by atoms with Crippen molar-refractivity contribution in [1.29, 1.82) is 0 Å². The van der Waals surface area contributed by atoms with Gasteiger partial charge in [0.1, 0.15) is 5.75 Å². The van der Waals surface area contributed by atoms with Gasteiger partial charge in [-0.05, 0) is 74.1 Å². The van der Waals surface area contributed by atoms with Gasteiger partial charge in [0.15, 0.2) is 0 Å². The summed E-state index contributed by atoms with van der Waals surface area (Å²) in [6, 6.07) is 6.67. The summed E-state index contributed by atoms with van der Waals surface area (Å²) in [7, 11) is 1.75. The molecular formula is C24H30O2. The molecule has 1 aromatic carbocycles. The number of rotatable bonds is 2. The third kappa shape index (κ3) is 1.68. The van der Waals surface area contributed by atoms with Gasteiger partial charge in [0.25, 0.3) is 0 Å². The zero-order valence-corrected chi connectivity index (χ0v) is 16.2. The van der Waals surface area contributed by atoms with Crippen LogP contribution in [0.15, 0.2) is 42.5 Å². The van der Waals surface area contributed by atoms with E-state index in [0.29, 0.717) is 11.8 Å². The molecule has 1 N–H and O–H groups in total. The molecular weight excluding hydrogens is 320 g/mol. The molecule has 2 saturated carbocycles. The first-order chi connectivity index (χ1) is 12.4. The summed E-state index contributed by atoms with van der Waals surface area (Å²) in [6.07, 6.45) is 10.2. The van der Waals surface area contributed by atoms with Crippen LogP contribution in [0.3, 0.4) is 0 Å². The van der Waals surface area contributed by atoms with Crippen molar-refractivity contribution in [3.63, 3.8) is 0 Å². The Labute approximate surface area is 157 Å². The molecule has 4 aliphatic carbocycles. The number of benzene rings is 1. The van der Waals surface area contributed by atoms with Crippen molar-refractivity contribution in [3.8, 4) is 5.75 Å². The summed E-state index contributed by atoms with van der Waals surface area (Å²) >= 11 is 0. The van der Waals surface area contributed by atoms with Crippen LogP contribution in [-0.2, 0) is 6.42 Å². The Bertz CT molecular complexity index is 823. The normalized spacial score (nSPS) is 45.0. The van der Waals surface area contributed by atoms with Crippen LogP contribution in [0.25, 0.3) is 0 Å². The standard InChI is InChI=1S/C24H30O2/c1-15(2)21-14-23-11-12-24(21,25)22(23,3)10-9-19-18-7-6-17(26-4)13-16(18)5-8-20(19)23/h6-7,11-13,19-21,25H,1,5,8-10,14H2,2-4H3/t19-,20-,21+,22+,23+,24-/m1/s1. The van der Waals surface area contributed by atoms with Crippen molar-refractivity contribution in [1.82, 2.24) is 0 Å². The van der Waals surface area contributed by atoms with E-state index in [-0.39, 0.29) is 16.7 Å². The predicted molar refractivity (Wildman–Crippen MR) is 104 cm³/mol. The van der Waals surface area contributed by atoms with Crippen LogP contribution in [0, 0.1) is 22.7 Å². The number of hydrogen-bond donors (Lipinski definition) is 1. The van der Waals surface area contributed by atoms with Crippen LogP contribution < -0.4 is 4.74 Å². The summed E-state index contributed by atoms with van der Waals surface area (Å²) in [6.45, 7) is 8.70. The first-order valence-electron chi connectivity index (χ1n) is 10.1. The molecule has 0 radical (unpaired) electrons. The van der Waals surface area contributed by atoms with Crippen molar-refractivity contribution in [2.75, 3.05) is 7.11 Å². The number of hydrogen-bond acceptors (Lipinski definition) is 2. The molecule has 2 nitrogen and oxygen atoms in total. The van der Waals surface area contributed by atoms with E-state index in [1.165, 1.54) is 24.0 Å². The minimum absolute atomic E-state index is 0.0469. The fraction of sp³-hybridized carbons (Fsp3) is 0.583. The summed E-state index contributed by atoms with van der Waals surface area (Å²) in [5, 5.41) is 11.7. The maximum atomic E-state index is 11.7. The smallest absolute Gasteiger partial charge is 0.119 e. The van der Waals surface area contributed by atoms with Crippen LogP contribution in [-0.4, -0.2) is 17.8 Å². The molecule has 0 saturated heterocycles. The Morgan fingerprint density at radius 1 is 1.27 bits per heavy atom. The highest BCUT2D eigenvalue weighted by Gasteiger charge is 2.74. The van der Waals surface area contributed by atoms with Crippen LogP contribution >= 0.6 is 0 Å². The Morgan fingerprint density at radius 2 is 2.08 bits per heavy atom. The van der Waals surface area contributed by atoms with Crippen molar-refractivity contribution in [2.24, 2.45) is 22.7 Å². The maximum Gasteiger partial charge on any atom is 0.119 e. The molecule has 1 aromatic rings. The van der Waals surface area contributed by atoms with Crippen LogP contribution in [0.2, 0.25) is 0 Å². The lowest BCUT2D eigenvalue weighted by atomic mass is 9.48. The van der Waals surface area contributed by atoms with E-state index in [2.05, 4.69) is 50.8 Å². The predicted octanol–water partition coefficient (Wildman–Crippen LogP) is 5.02. The summed E-state index contributed by atoms with van der Waals surface area (Å²) < 4.78 is 5.45. The third-order valence-electron chi connectivity index (χ3n) is 8.79. The maximum absolute atomic E-state index is 11.7. The van der Waals surface area contributed by atoms with Crippen LogP contribution in [0.1, 0.15) is 56.6 Å². The lowest BCUT2D eigenvalue weighted by molar-refractivity contribution is -0.0941. The SMILES string of the molecule is C=C(C)[C@@H]1C[C@]23C=C[C@]1(O)[C@@]2(C)CC[C@@H]1c2ccc(OC)cc2CC[C@H]13. The van der Waals surface area contributed by atoms with Gasteiger partial charge in [-0.25, -0.2) is 0 Å². The second-order valence-electron chi connectivity index (χ2n) is 9.49. The van der Waals surface area contributed by atoms with Crippen molar-refractivity contribution in [3.05, 3.63) is 53.6 Å². The zero-order chi connectivity index (χ0) is 18.3. The largest absolute Gasteiger partial charge is 0.497 e. The number of aliphatic hydroxyl groups is 1. The molecule has 0 unspecified atom stereocenters. The first kappa shape index (κ1) is 16.6. The fourth-order valence-corrected chi connectivity index (χ4v) is 7.40. The number of aryl methyl sites for hydroxylation is 1. The molecule has 2 bridgehead atoms. The molecule has 4 aliphatic rings. The molecule has 26 heavy (non-hydrogen) atoms. The van der Waals surface area contributed by atoms with Gasteiger partial charge in [0.05, 0.1) is 12.7 Å². The number of methoxy groups -OCH3 is 1. The third-order valence-corrected chi connectivity index (χ3v) is 8.79. The summed E-state index contributed by atoms with van der Waals surface area (Å²) in [5.41, 5.74) is 3.51. The van der Waals surface area contributed by atoms with E-state index in [4.69, 9.17) is 4.74 Å². The van der Waals surface area contributed by atoms with Crippen LogP contribution in [0.4, 0.5) is 0 Å². The highest BCUT2D eigenvalue weighted by molar-refractivity contribution is 5.46. The molecule has 6 atom stereocenters. The second kappa shape index (κ2) is 5.04. The van der Waals surface area contributed by atoms with Gasteiger partial charge >= 0.3 is 0 Å². The van der Waals surface area contributed by atoms with Gasteiger partial charge in [0, 0.05) is 16.7 Å². The van der Waals surface area contributed by atoms with Gasteiger partial charge in [-0.2, -0.15) is 0 Å². The quantitative estimate of drug-likeness (QED) is 0.759. The molecule has 0 aromatic heterocycles. The highest BCUT2D eigenvalue weighted by atomic mass is 16.5. The minimum Gasteiger partial charge on any atom is -0.497 e. The number of ether oxygens (including phenoxy) is 1. The van der Waals surface area contributed by atoms with E-state index in [1.54, 1.807) is 7.11 Å². The van der Waals surface area contributed by atoms with E-state index >= 15 is 0 Å². The van der Waals surface area contributed by atoms with Crippen LogP contribution in [0.5, 0.6) is 5.75 Å². The lowest BCUT2D eigenvalue weighted by Gasteiger charge is -2.56. The molecule has 2 heteroatoms. The second-order valence-corrected chi connectivity index (χ2v) is 9.49. The minimum atomic E-state index is -0.704. The van der Waals surface area contributed by atoms with Gasteiger partial charge < -0.3 is 9.84 Å². The number of fused-ring (bicyclic) bond motifs is 3. The molecule has 2 fully saturated rings. The lowest BCUT2D eigenvalue weighted by Crippen LogP contribution is -2.53. The van der Waals surface area contributed by atoms with E-state index in [0.717, 1.165) is 30.6 Å². The van der Waals surface area contributed by atoms with Crippen molar-refractivity contribution >= 4 is 0 Å². The first-order valence-corrected chi connectivity index (χ1v) is 10.1. The average Bonchev–Trinajstić information content (AvgIpc) is 3.00. The Hall–Kier alpha value is -1.54. The zero-order valence-electron chi connectivity index (χ0n) is 16.2. The summed E-state index contributed by atoms with van der Waals surface area (Å²) in [5.74, 6) is 2.40. The molecule has 138 valence electrons. The number of allylic oxidation sites excluding steroid dienone is 1. The molecule has 0 spiro atoms.